The molecule has 0 saturated heterocycles. The summed E-state index contributed by atoms with van der Waals surface area (Å²) in [6.45, 7) is 4.97. The van der Waals surface area contributed by atoms with Gasteiger partial charge in [0.15, 0.2) is 0 Å². The van der Waals surface area contributed by atoms with Crippen molar-refractivity contribution in [1.82, 2.24) is 14.9 Å². The van der Waals surface area contributed by atoms with Crippen LogP contribution in [0.4, 0.5) is 0 Å². The van der Waals surface area contributed by atoms with Crippen LogP contribution in [0.1, 0.15) is 23.1 Å². The summed E-state index contributed by atoms with van der Waals surface area (Å²) < 4.78 is 10.0. The molecule has 0 bridgehead atoms. The number of hydrogen-bond acceptors (Lipinski definition) is 5. The van der Waals surface area contributed by atoms with Gasteiger partial charge in [-0.05, 0) is 32.2 Å². The van der Waals surface area contributed by atoms with Gasteiger partial charge in [-0.25, -0.2) is 9.78 Å². The lowest BCUT2D eigenvalue weighted by atomic mass is 10.2. The number of benzene rings is 1. The Kier molecular flexibility index (Phi) is 5.30. The Labute approximate surface area is 124 Å². The maximum absolute atomic E-state index is 11.5. The minimum Gasteiger partial charge on any atom is -0.465 e. The monoisotopic (exact) mass is 291 g/mol. The third-order valence-corrected chi connectivity index (χ3v) is 3.19. The molecule has 1 aromatic heterocycles. The molecule has 2 aromatic rings. The van der Waals surface area contributed by atoms with Crippen LogP contribution in [-0.2, 0) is 16.0 Å². The Morgan fingerprint density at radius 3 is 2.95 bits per heavy atom. The van der Waals surface area contributed by atoms with Crippen molar-refractivity contribution in [2.75, 3.05) is 33.9 Å². The van der Waals surface area contributed by atoms with E-state index in [9.17, 15) is 4.79 Å². The summed E-state index contributed by atoms with van der Waals surface area (Å²) in [7, 11) is 3.39. The number of rotatable bonds is 7. The zero-order valence-corrected chi connectivity index (χ0v) is 12.7. The number of esters is 1. The normalized spacial score (nSPS) is 11.2. The predicted octanol–water partition coefficient (Wildman–Crippen LogP) is 1.82. The highest BCUT2D eigenvalue weighted by Gasteiger charge is 2.10. The number of aromatic nitrogens is 2. The van der Waals surface area contributed by atoms with Crippen molar-refractivity contribution in [3.63, 3.8) is 0 Å². The summed E-state index contributed by atoms with van der Waals surface area (Å²) in [6, 6.07) is 5.30. The molecule has 0 aliphatic carbocycles. The predicted molar refractivity (Wildman–Crippen MR) is 80.3 cm³/mol. The van der Waals surface area contributed by atoms with Crippen molar-refractivity contribution < 1.29 is 14.3 Å². The third-order valence-electron chi connectivity index (χ3n) is 3.19. The summed E-state index contributed by atoms with van der Waals surface area (Å²) in [5.74, 6) is 0.521. The molecule has 6 nitrogen and oxygen atoms in total. The lowest BCUT2D eigenvalue weighted by Crippen LogP contribution is -2.23. The Morgan fingerprint density at radius 2 is 2.24 bits per heavy atom. The number of hydrogen-bond donors (Lipinski definition) is 1. The molecule has 0 spiro atoms. The minimum absolute atomic E-state index is 0.345. The molecule has 2 rings (SSSR count). The molecule has 114 valence electrons. The summed E-state index contributed by atoms with van der Waals surface area (Å²) in [4.78, 5) is 21.4. The maximum Gasteiger partial charge on any atom is 0.337 e. The molecule has 1 N–H and O–H groups in total. The van der Waals surface area contributed by atoms with E-state index >= 15 is 0 Å². The molecule has 0 saturated carbocycles. The highest BCUT2D eigenvalue weighted by Crippen LogP contribution is 2.15. The van der Waals surface area contributed by atoms with Gasteiger partial charge < -0.3 is 14.5 Å². The number of nitrogens with one attached hydrogen (secondary N) is 1. The average molecular weight is 291 g/mol. The standard InChI is InChI=1S/C15H21N3O3/c1-4-21-8-7-18(2)10-14-16-12-6-5-11(15(19)20-3)9-13(12)17-14/h5-6,9H,4,7-8,10H2,1-3H3,(H,16,17). The van der Waals surface area contributed by atoms with Crippen molar-refractivity contribution in [1.29, 1.82) is 0 Å². The fourth-order valence-corrected chi connectivity index (χ4v) is 2.08. The lowest BCUT2D eigenvalue weighted by molar-refractivity contribution is 0.0601. The number of methoxy groups -OCH3 is 1. The molecule has 0 aliphatic rings. The fourth-order valence-electron chi connectivity index (χ4n) is 2.08. The van der Waals surface area contributed by atoms with Gasteiger partial charge in [-0.15, -0.1) is 0 Å². The SMILES string of the molecule is CCOCCN(C)Cc1nc2ccc(C(=O)OC)cc2[nH]1. The van der Waals surface area contributed by atoms with E-state index in [1.54, 1.807) is 12.1 Å². The Morgan fingerprint density at radius 1 is 1.43 bits per heavy atom. The van der Waals surface area contributed by atoms with Crippen molar-refractivity contribution in [2.24, 2.45) is 0 Å². The van der Waals surface area contributed by atoms with E-state index in [0.29, 0.717) is 18.7 Å². The molecule has 0 amide bonds. The van der Waals surface area contributed by atoms with Crippen LogP contribution in [-0.4, -0.2) is 54.8 Å². The van der Waals surface area contributed by atoms with E-state index in [0.717, 1.165) is 30.0 Å². The number of fused-ring (bicyclic) bond motifs is 1. The molecule has 21 heavy (non-hydrogen) atoms. The number of ether oxygens (including phenoxy) is 2. The number of imidazole rings is 1. The summed E-state index contributed by atoms with van der Waals surface area (Å²) in [5.41, 5.74) is 2.20. The third kappa shape index (κ3) is 4.03. The van der Waals surface area contributed by atoms with E-state index in [1.165, 1.54) is 7.11 Å². The highest BCUT2D eigenvalue weighted by atomic mass is 16.5. The quantitative estimate of drug-likeness (QED) is 0.622. The molecule has 0 atom stereocenters. The van der Waals surface area contributed by atoms with E-state index in [4.69, 9.17) is 9.47 Å². The molecule has 0 unspecified atom stereocenters. The van der Waals surface area contributed by atoms with E-state index < -0.39 is 0 Å². The zero-order chi connectivity index (χ0) is 15.2. The summed E-state index contributed by atoms with van der Waals surface area (Å²) >= 11 is 0. The van der Waals surface area contributed by atoms with Gasteiger partial charge in [0.2, 0.25) is 0 Å². The summed E-state index contributed by atoms with van der Waals surface area (Å²) in [5, 5.41) is 0. The van der Waals surface area contributed by atoms with Crippen LogP contribution in [0.2, 0.25) is 0 Å². The topological polar surface area (TPSA) is 67.4 Å². The molecule has 0 radical (unpaired) electrons. The van der Waals surface area contributed by atoms with E-state index in [1.807, 2.05) is 20.0 Å². The van der Waals surface area contributed by atoms with Crippen LogP contribution in [0.15, 0.2) is 18.2 Å². The van der Waals surface area contributed by atoms with Gasteiger partial charge >= 0.3 is 5.97 Å². The van der Waals surface area contributed by atoms with Gasteiger partial charge in [0, 0.05) is 13.2 Å². The molecule has 0 aliphatic heterocycles. The van der Waals surface area contributed by atoms with Gasteiger partial charge in [-0.2, -0.15) is 0 Å². The average Bonchev–Trinajstić information content (AvgIpc) is 2.87. The molecule has 1 aromatic carbocycles. The number of nitrogens with zero attached hydrogens (tertiary/aromatic N) is 2. The highest BCUT2D eigenvalue weighted by molar-refractivity contribution is 5.93. The second-order valence-electron chi connectivity index (χ2n) is 4.84. The Bertz CT molecular complexity index is 609. The van der Waals surface area contributed by atoms with Crippen LogP contribution < -0.4 is 0 Å². The van der Waals surface area contributed by atoms with Crippen LogP contribution >= 0.6 is 0 Å². The first-order valence-electron chi connectivity index (χ1n) is 6.97. The molecule has 0 fully saturated rings. The number of likely N-dealkylation sites (N-methyl/N-ethyl adjacent to an activating group) is 1. The van der Waals surface area contributed by atoms with Gasteiger partial charge in [0.25, 0.3) is 0 Å². The minimum atomic E-state index is -0.345. The van der Waals surface area contributed by atoms with Gasteiger partial charge in [-0.3, -0.25) is 4.90 Å². The van der Waals surface area contributed by atoms with Crippen LogP contribution in [0.5, 0.6) is 0 Å². The largest absolute Gasteiger partial charge is 0.465 e. The second-order valence-corrected chi connectivity index (χ2v) is 4.84. The van der Waals surface area contributed by atoms with Crippen LogP contribution in [0.3, 0.4) is 0 Å². The second kappa shape index (κ2) is 7.19. The number of H-pyrrole nitrogens is 1. The molecule has 1 heterocycles. The number of carbonyl (C=O) groups is 1. The van der Waals surface area contributed by atoms with Crippen molar-refractivity contribution in [3.05, 3.63) is 29.6 Å². The summed E-state index contributed by atoms with van der Waals surface area (Å²) in [6.07, 6.45) is 0. The zero-order valence-electron chi connectivity index (χ0n) is 12.7. The Balaban J connectivity index is 2.06. The number of aromatic amines is 1. The first-order chi connectivity index (χ1) is 10.1. The van der Waals surface area contributed by atoms with Crippen molar-refractivity contribution in [3.8, 4) is 0 Å². The van der Waals surface area contributed by atoms with E-state index in [-0.39, 0.29) is 5.97 Å². The van der Waals surface area contributed by atoms with Crippen molar-refractivity contribution in [2.45, 2.75) is 13.5 Å². The smallest absolute Gasteiger partial charge is 0.337 e. The molecular formula is C15H21N3O3. The lowest BCUT2D eigenvalue weighted by Gasteiger charge is -2.14. The number of carbonyl (C=O) groups excluding carboxylic acids is 1. The van der Waals surface area contributed by atoms with Gasteiger partial charge in [0.05, 0.1) is 36.9 Å². The Hall–Kier alpha value is -1.92. The van der Waals surface area contributed by atoms with Gasteiger partial charge in [-0.1, -0.05) is 0 Å². The maximum atomic E-state index is 11.5. The van der Waals surface area contributed by atoms with Gasteiger partial charge in [0.1, 0.15) is 5.82 Å². The van der Waals surface area contributed by atoms with Crippen LogP contribution in [0.25, 0.3) is 11.0 Å². The van der Waals surface area contributed by atoms with Crippen molar-refractivity contribution >= 4 is 17.0 Å². The van der Waals surface area contributed by atoms with Crippen LogP contribution in [0, 0.1) is 0 Å². The molecular weight excluding hydrogens is 270 g/mol. The fraction of sp³-hybridized carbons (Fsp3) is 0.467. The molecule has 6 heteroatoms. The first-order valence-corrected chi connectivity index (χ1v) is 6.97. The first kappa shape index (κ1) is 15.5. The van der Waals surface area contributed by atoms with E-state index in [2.05, 4.69) is 14.9 Å².